The molecule has 5 nitrogen and oxygen atoms in total. The van der Waals surface area contributed by atoms with Gasteiger partial charge in [-0.15, -0.1) is 0 Å². The van der Waals surface area contributed by atoms with Gasteiger partial charge in [-0.3, -0.25) is 20.4 Å². The third-order valence-corrected chi connectivity index (χ3v) is 3.49. The number of halogens is 3. The quantitative estimate of drug-likeness (QED) is 0.806. The van der Waals surface area contributed by atoms with Gasteiger partial charge in [-0.25, -0.2) is 0 Å². The summed E-state index contributed by atoms with van der Waals surface area (Å²) in [6.07, 6.45) is 0. The van der Waals surface area contributed by atoms with Crippen LogP contribution in [0.25, 0.3) is 0 Å². The summed E-state index contributed by atoms with van der Waals surface area (Å²) in [5.74, 6) is -0.641. The summed E-state index contributed by atoms with van der Waals surface area (Å²) in [5, 5.41) is 1.14. The van der Waals surface area contributed by atoms with E-state index in [0.29, 0.717) is 15.8 Å². The van der Waals surface area contributed by atoms with Crippen molar-refractivity contribution in [3.8, 4) is 5.75 Å². The zero-order valence-corrected chi connectivity index (χ0v) is 13.9. The first-order valence-electron chi connectivity index (χ1n) is 6.38. The fourth-order valence-corrected chi connectivity index (χ4v) is 2.08. The van der Waals surface area contributed by atoms with Crippen molar-refractivity contribution in [2.45, 2.75) is 0 Å². The van der Waals surface area contributed by atoms with Gasteiger partial charge < -0.3 is 4.74 Å². The molecule has 0 saturated carbocycles. The van der Waals surface area contributed by atoms with Gasteiger partial charge in [0.2, 0.25) is 0 Å². The highest BCUT2D eigenvalue weighted by molar-refractivity contribution is 6.35. The van der Waals surface area contributed by atoms with Crippen LogP contribution < -0.4 is 15.6 Å². The molecule has 0 aromatic heterocycles. The zero-order chi connectivity index (χ0) is 16.8. The Bertz CT molecular complexity index is 720. The van der Waals surface area contributed by atoms with Crippen molar-refractivity contribution >= 4 is 46.6 Å². The van der Waals surface area contributed by atoms with E-state index in [2.05, 4.69) is 10.9 Å². The first-order valence-corrected chi connectivity index (χ1v) is 7.51. The molecule has 0 heterocycles. The predicted molar refractivity (Wildman–Crippen MR) is 89.0 cm³/mol. The van der Waals surface area contributed by atoms with Gasteiger partial charge in [0.15, 0.2) is 6.61 Å². The van der Waals surface area contributed by atoms with E-state index in [9.17, 15) is 9.59 Å². The first-order chi connectivity index (χ1) is 11.0. The summed E-state index contributed by atoms with van der Waals surface area (Å²) >= 11 is 17.4. The molecule has 0 spiro atoms. The van der Waals surface area contributed by atoms with E-state index < -0.39 is 11.8 Å². The van der Waals surface area contributed by atoms with Gasteiger partial charge >= 0.3 is 0 Å². The Balaban J connectivity index is 1.83. The van der Waals surface area contributed by atoms with Crippen LogP contribution in [0.2, 0.25) is 15.1 Å². The first kappa shape index (κ1) is 17.4. The normalized spacial score (nSPS) is 10.0. The lowest BCUT2D eigenvalue weighted by atomic mass is 10.2. The number of amides is 2. The van der Waals surface area contributed by atoms with Crippen LogP contribution in [0, 0.1) is 0 Å². The Kier molecular flexibility index (Phi) is 6.10. The number of carbonyl (C=O) groups is 2. The SMILES string of the molecule is O=C(COc1ccc(Cl)cc1)NNC(=O)c1cc(Cl)ccc1Cl. The van der Waals surface area contributed by atoms with Crippen molar-refractivity contribution < 1.29 is 14.3 Å². The standard InChI is InChI=1S/C15H11Cl3N2O3/c16-9-1-4-11(5-2-9)23-8-14(21)19-20-15(22)12-7-10(17)3-6-13(12)18/h1-7H,8H2,(H,19,21)(H,20,22). The highest BCUT2D eigenvalue weighted by Crippen LogP contribution is 2.20. The maximum Gasteiger partial charge on any atom is 0.276 e. The van der Waals surface area contributed by atoms with E-state index in [1.54, 1.807) is 30.3 Å². The second-order valence-electron chi connectivity index (χ2n) is 4.37. The molecule has 0 aliphatic heterocycles. The topological polar surface area (TPSA) is 67.4 Å². The highest BCUT2D eigenvalue weighted by Gasteiger charge is 2.12. The average Bonchev–Trinajstić information content (AvgIpc) is 2.54. The Morgan fingerprint density at radius 1 is 0.913 bits per heavy atom. The number of hydrogen-bond acceptors (Lipinski definition) is 3. The molecule has 8 heteroatoms. The summed E-state index contributed by atoms with van der Waals surface area (Å²) in [5.41, 5.74) is 4.60. The number of hydrogen-bond donors (Lipinski definition) is 2. The van der Waals surface area contributed by atoms with E-state index in [4.69, 9.17) is 39.5 Å². The van der Waals surface area contributed by atoms with Crippen molar-refractivity contribution in [2.75, 3.05) is 6.61 Å². The molecular weight excluding hydrogens is 363 g/mol. The smallest absolute Gasteiger partial charge is 0.276 e. The fraction of sp³-hybridized carbons (Fsp3) is 0.0667. The number of nitrogens with one attached hydrogen (secondary N) is 2. The highest BCUT2D eigenvalue weighted by atomic mass is 35.5. The summed E-state index contributed by atoms with van der Waals surface area (Å²) in [6.45, 7) is -0.273. The average molecular weight is 374 g/mol. The Morgan fingerprint density at radius 2 is 1.57 bits per heavy atom. The van der Waals surface area contributed by atoms with Gasteiger partial charge in [0.05, 0.1) is 10.6 Å². The maximum absolute atomic E-state index is 11.9. The molecule has 2 aromatic carbocycles. The van der Waals surface area contributed by atoms with Crippen LogP contribution in [0.1, 0.15) is 10.4 Å². The van der Waals surface area contributed by atoms with Crippen LogP contribution in [0.5, 0.6) is 5.75 Å². The number of rotatable bonds is 4. The molecule has 0 radical (unpaired) electrons. The Morgan fingerprint density at radius 3 is 2.26 bits per heavy atom. The van der Waals surface area contributed by atoms with Crippen LogP contribution >= 0.6 is 34.8 Å². The molecule has 0 aliphatic rings. The van der Waals surface area contributed by atoms with Crippen molar-refractivity contribution in [1.29, 1.82) is 0 Å². The number of carbonyl (C=O) groups excluding carboxylic acids is 2. The molecule has 120 valence electrons. The molecule has 0 bridgehead atoms. The molecule has 2 amide bonds. The second-order valence-corrected chi connectivity index (χ2v) is 5.65. The fourth-order valence-electron chi connectivity index (χ4n) is 1.58. The third kappa shape index (κ3) is 5.32. The van der Waals surface area contributed by atoms with Crippen molar-refractivity contribution in [3.63, 3.8) is 0 Å². The van der Waals surface area contributed by atoms with E-state index in [1.165, 1.54) is 12.1 Å². The molecule has 2 rings (SSSR count). The lowest BCUT2D eigenvalue weighted by molar-refractivity contribution is -0.123. The Labute approximate surface area is 147 Å². The monoisotopic (exact) mass is 372 g/mol. The lowest BCUT2D eigenvalue weighted by Gasteiger charge is -2.10. The molecule has 2 N–H and O–H groups in total. The van der Waals surface area contributed by atoms with E-state index in [1.807, 2.05) is 0 Å². The van der Waals surface area contributed by atoms with E-state index in [0.717, 1.165) is 0 Å². The molecule has 23 heavy (non-hydrogen) atoms. The van der Waals surface area contributed by atoms with Crippen LogP contribution in [0.4, 0.5) is 0 Å². The van der Waals surface area contributed by atoms with Crippen LogP contribution in [0.3, 0.4) is 0 Å². The lowest BCUT2D eigenvalue weighted by Crippen LogP contribution is -2.43. The minimum atomic E-state index is -0.586. The zero-order valence-electron chi connectivity index (χ0n) is 11.6. The van der Waals surface area contributed by atoms with Gasteiger partial charge in [-0.05, 0) is 42.5 Å². The molecule has 2 aromatic rings. The molecule has 0 fully saturated rings. The van der Waals surface area contributed by atoms with Gasteiger partial charge in [0.1, 0.15) is 5.75 Å². The minimum absolute atomic E-state index is 0.151. The summed E-state index contributed by atoms with van der Waals surface area (Å²) in [7, 11) is 0. The van der Waals surface area contributed by atoms with Crippen LogP contribution in [-0.4, -0.2) is 18.4 Å². The van der Waals surface area contributed by atoms with Gasteiger partial charge in [-0.1, -0.05) is 34.8 Å². The van der Waals surface area contributed by atoms with Gasteiger partial charge in [0.25, 0.3) is 11.8 Å². The molecule has 0 atom stereocenters. The molecule has 0 aliphatic carbocycles. The van der Waals surface area contributed by atoms with E-state index >= 15 is 0 Å². The molecular formula is C15H11Cl3N2O3. The van der Waals surface area contributed by atoms with Gasteiger partial charge in [-0.2, -0.15) is 0 Å². The largest absolute Gasteiger partial charge is 0.484 e. The van der Waals surface area contributed by atoms with E-state index in [-0.39, 0.29) is 17.2 Å². The van der Waals surface area contributed by atoms with Crippen molar-refractivity contribution in [3.05, 3.63) is 63.1 Å². The predicted octanol–water partition coefficient (Wildman–Crippen LogP) is 3.49. The van der Waals surface area contributed by atoms with Crippen molar-refractivity contribution in [2.24, 2.45) is 0 Å². The maximum atomic E-state index is 11.9. The van der Waals surface area contributed by atoms with Crippen molar-refractivity contribution in [1.82, 2.24) is 10.9 Å². The second kappa shape index (κ2) is 8.06. The summed E-state index contributed by atoms with van der Waals surface area (Å²) in [4.78, 5) is 23.5. The molecule has 0 unspecified atom stereocenters. The van der Waals surface area contributed by atoms with Crippen LogP contribution in [0.15, 0.2) is 42.5 Å². The number of benzene rings is 2. The summed E-state index contributed by atoms with van der Waals surface area (Å²) in [6, 6.07) is 11.0. The number of hydrazine groups is 1. The minimum Gasteiger partial charge on any atom is -0.484 e. The Hall–Kier alpha value is -1.95. The summed E-state index contributed by atoms with van der Waals surface area (Å²) < 4.78 is 5.23. The van der Waals surface area contributed by atoms with Gasteiger partial charge in [0, 0.05) is 10.0 Å². The number of ether oxygens (including phenoxy) is 1. The molecule has 0 saturated heterocycles. The third-order valence-electron chi connectivity index (χ3n) is 2.67. The van der Waals surface area contributed by atoms with Crippen LogP contribution in [-0.2, 0) is 4.79 Å².